The molecule has 2 aliphatic rings. The van der Waals surface area contributed by atoms with Crippen LogP contribution in [0.2, 0.25) is 0 Å². The van der Waals surface area contributed by atoms with Gasteiger partial charge in [-0.3, -0.25) is 4.79 Å². The Kier molecular flexibility index (Phi) is 6.78. The fourth-order valence-corrected chi connectivity index (χ4v) is 3.55. The zero-order valence-corrected chi connectivity index (χ0v) is 12.8. The molecule has 1 amide bonds. The lowest BCUT2D eigenvalue weighted by Crippen LogP contribution is -2.50. The molecule has 0 aliphatic heterocycles. The van der Waals surface area contributed by atoms with Crippen molar-refractivity contribution in [1.82, 2.24) is 5.32 Å². The monoisotopic (exact) mass is 328 g/mol. The molecule has 0 bridgehead atoms. The lowest BCUT2D eigenvalue weighted by Gasteiger charge is -2.27. The van der Waals surface area contributed by atoms with Crippen LogP contribution in [0.4, 0.5) is 13.2 Å². The summed E-state index contributed by atoms with van der Waals surface area (Å²) in [5.74, 6) is -0.926. The van der Waals surface area contributed by atoms with E-state index in [2.05, 4.69) is 5.32 Å². The van der Waals surface area contributed by atoms with Crippen LogP contribution in [0.1, 0.15) is 51.4 Å². The van der Waals surface area contributed by atoms with Crippen molar-refractivity contribution >= 4 is 18.3 Å². The molecule has 1 unspecified atom stereocenters. The summed E-state index contributed by atoms with van der Waals surface area (Å²) in [7, 11) is 0. The molecule has 3 N–H and O–H groups in total. The van der Waals surface area contributed by atoms with Gasteiger partial charge < -0.3 is 11.1 Å². The Balaban J connectivity index is 0.00000220. The molecule has 7 heteroatoms. The van der Waals surface area contributed by atoms with E-state index in [1.807, 2.05) is 0 Å². The van der Waals surface area contributed by atoms with Gasteiger partial charge in [0.05, 0.1) is 0 Å². The van der Waals surface area contributed by atoms with Gasteiger partial charge in [-0.1, -0.05) is 19.3 Å². The summed E-state index contributed by atoms with van der Waals surface area (Å²) in [5, 5.41) is 2.23. The van der Waals surface area contributed by atoms with E-state index >= 15 is 0 Å². The van der Waals surface area contributed by atoms with Crippen LogP contribution in [0.5, 0.6) is 0 Å². The second-order valence-electron chi connectivity index (χ2n) is 6.19. The molecule has 2 saturated carbocycles. The van der Waals surface area contributed by atoms with Crippen molar-refractivity contribution in [3.63, 3.8) is 0 Å². The van der Waals surface area contributed by atoms with Gasteiger partial charge in [0.2, 0.25) is 5.91 Å². The molecule has 0 saturated heterocycles. The normalized spacial score (nSPS) is 28.2. The first-order valence-corrected chi connectivity index (χ1v) is 7.49. The van der Waals surface area contributed by atoms with E-state index in [1.54, 1.807) is 0 Å². The van der Waals surface area contributed by atoms with Gasteiger partial charge in [-0.25, -0.2) is 0 Å². The molecule has 124 valence electrons. The number of nitrogens with one attached hydrogen (secondary N) is 1. The van der Waals surface area contributed by atoms with E-state index in [9.17, 15) is 18.0 Å². The SMILES string of the molecule is Cl.N[C@@H]1CCC[C@H]1CC(=O)NC(C1CCCC1)C(F)(F)F. The third kappa shape index (κ3) is 5.02. The van der Waals surface area contributed by atoms with Crippen molar-refractivity contribution in [2.24, 2.45) is 17.6 Å². The lowest BCUT2D eigenvalue weighted by atomic mass is 9.95. The second kappa shape index (κ2) is 7.68. The summed E-state index contributed by atoms with van der Waals surface area (Å²) >= 11 is 0. The second-order valence-corrected chi connectivity index (χ2v) is 6.19. The number of hydrogen-bond donors (Lipinski definition) is 2. The van der Waals surface area contributed by atoms with Crippen LogP contribution in [0.25, 0.3) is 0 Å². The van der Waals surface area contributed by atoms with Gasteiger partial charge in [-0.2, -0.15) is 13.2 Å². The van der Waals surface area contributed by atoms with E-state index in [0.29, 0.717) is 12.8 Å². The van der Waals surface area contributed by atoms with Crippen LogP contribution in [0.15, 0.2) is 0 Å². The lowest BCUT2D eigenvalue weighted by molar-refractivity contribution is -0.172. The van der Waals surface area contributed by atoms with Gasteiger partial charge in [0, 0.05) is 12.5 Å². The largest absolute Gasteiger partial charge is 0.408 e. The molecule has 0 aromatic rings. The maximum atomic E-state index is 13.1. The Morgan fingerprint density at radius 2 is 1.76 bits per heavy atom. The van der Waals surface area contributed by atoms with Gasteiger partial charge >= 0.3 is 6.18 Å². The van der Waals surface area contributed by atoms with Crippen molar-refractivity contribution in [3.8, 4) is 0 Å². The molecular formula is C14H24ClF3N2O. The summed E-state index contributed by atoms with van der Waals surface area (Å²) in [6.07, 6.45) is 1.17. The quantitative estimate of drug-likeness (QED) is 0.833. The van der Waals surface area contributed by atoms with E-state index in [0.717, 1.165) is 32.1 Å². The van der Waals surface area contributed by atoms with Gasteiger partial charge in [0.1, 0.15) is 6.04 Å². The number of nitrogens with two attached hydrogens (primary N) is 1. The van der Waals surface area contributed by atoms with E-state index in [1.165, 1.54) is 0 Å². The van der Waals surface area contributed by atoms with Crippen molar-refractivity contribution in [2.75, 3.05) is 0 Å². The summed E-state index contributed by atoms with van der Waals surface area (Å²) in [4.78, 5) is 11.9. The molecule has 3 atom stereocenters. The van der Waals surface area contributed by atoms with Crippen molar-refractivity contribution < 1.29 is 18.0 Å². The van der Waals surface area contributed by atoms with E-state index < -0.39 is 24.0 Å². The molecular weight excluding hydrogens is 305 g/mol. The van der Waals surface area contributed by atoms with Crippen molar-refractivity contribution in [2.45, 2.75) is 69.6 Å². The van der Waals surface area contributed by atoms with Crippen molar-refractivity contribution in [1.29, 1.82) is 0 Å². The Morgan fingerprint density at radius 3 is 2.24 bits per heavy atom. The van der Waals surface area contributed by atoms with Crippen LogP contribution in [0, 0.1) is 11.8 Å². The Hall–Kier alpha value is -0.490. The Labute approximate surface area is 129 Å². The molecule has 2 aliphatic carbocycles. The first-order chi connectivity index (χ1) is 9.38. The van der Waals surface area contributed by atoms with Gasteiger partial charge in [-0.15, -0.1) is 12.4 Å². The van der Waals surface area contributed by atoms with Crippen LogP contribution in [0.3, 0.4) is 0 Å². The van der Waals surface area contributed by atoms with Crippen LogP contribution in [-0.2, 0) is 4.79 Å². The molecule has 2 rings (SSSR count). The minimum Gasteiger partial charge on any atom is -0.344 e. The van der Waals surface area contributed by atoms with Crippen LogP contribution < -0.4 is 11.1 Å². The average molecular weight is 329 g/mol. The topological polar surface area (TPSA) is 55.1 Å². The number of alkyl halides is 3. The standard InChI is InChI=1S/C14H23F3N2O.ClH/c15-14(16,17)13(9-4-1-2-5-9)19-12(20)8-10-6-3-7-11(10)18;/h9-11,13H,1-8,18H2,(H,19,20);1H/t10-,11+,13?;/m0./s1. The predicted octanol–water partition coefficient (Wildman–Crippen LogP) is 3.16. The zero-order valence-electron chi connectivity index (χ0n) is 12.0. The molecule has 21 heavy (non-hydrogen) atoms. The Bertz CT molecular complexity index is 346. The third-order valence-electron chi connectivity index (χ3n) is 4.71. The predicted molar refractivity (Wildman–Crippen MR) is 77.1 cm³/mol. The number of halogens is 4. The molecule has 0 spiro atoms. The number of rotatable bonds is 4. The average Bonchev–Trinajstić information content (AvgIpc) is 2.97. The van der Waals surface area contributed by atoms with E-state index in [4.69, 9.17) is 5.73 Å². The summed E-state index contributed by atoms with van der Waals surface area (Å²) in [6.45, 7) is 0. The highest BCUT2D eigenvalue weighted by molar-refractivity contribution is 5.85. The minimum atomic E-state index is -4.36. The molecule has 0 radical (unpaired) electrons. The van der Waals surface area contributed by atoms with Crippen LogP contribution >= 0.6 is 12.4 Å². The fraction of sp³-hybridized carbons (Fsp3) is 0.929. The third-order valence-corrected chi connectivity index (χ3v) is 4.71. The number of amides is 1. The summed E-state index contributed by atoms with van der Waals surface area (Å²) in [6, 6.07) is -1.73. The van der Waals surface area contributed by atoms with Crippen LogP contribution in [-0.4, -0.2) is 24.2 Å². The molecule has 0 heterocycles. The molecule has 2 fully saturated rings. The van der Waals surface area contributed by atoms with Crippen molar-refractivity contribution in [3.05, 3.63) is 0 Å². The first-order valence-electron chi connectivity index (χ1n) is 7.49. The summed E-state index contributed by atoms with van der Waals surface area (Å²) in [5.41, 5.74) is 5.86. The number of carbonyl (C=O) groups excluding carboxylic acids is 1. The summed E-state index contributed by atoms with van der Waals surface area (Å²) < 4.78 is 39.2. The maximum Gasteiger partial charge on any atom is 0.408 e. The van der Waals surface area contributed by atoms with Gasteiger partial charge in [0.25, 0.3) is 0 Å². The molecule has 0 aromatic heterocycles. The highest BCUT2D eigenvalue weighted by Crippen LogP contribution is 2.36. The minimum absolute atomic E-state index is 0. The van der Waals surface area contributed by atoms with E-state index in [-0.39, 0.29) is 30.8 Å². The highest BCUT2D eigenvalue weighted by atomic mass is 35.5. The maximum absolute atomic E-state index is 13.1. The Morgan fingerprint density at radius 1 is 1.14 bits per heavy atom. The number of hydrogen-bond acceptors (Lipinski definition) is 2. The smallest absolute Gasteiger partial charge is 0.344 e. The van der Waals surface area contributed by atoms with Gasteiger partial charge in [0.15, 0.2) is 0 Å². The fourth-order valence-electron chi connectivity index (χ4n) is 3.55. The molecule has 3 nitrogen and oxygen atoms in total. The number of carbonyl (C=O) groups is 1. The highest BCUT2D eigenvalue weighted by Gasteiger charge is 2.46. The molecule has 0 aromatic carbocycles. The zero-order chi connectivity index (χ0) is 14.8. The first kappa shape index (κ1) is 18.6. The van der Waals surface area contributed by atoms with Gasteiger partial charge in [-0.05, 0) is 37.5 Å².